The summed E-state index contributed by atoms with van der Waals surface area (Å²) >= 11 is 1.06. The molecular weight excluding hydrogens is 418 g/mol. The Balaban J connectivity index is 1.94. The van der Waals surface area contributed by atoms with E-state index < -0.39 is 21.7 Å². The molecule has 2 aromatic rings. The number of fused-ring (bicyclic) bond motifs is 1. The predicted octanol–water partition coefficient (Wildman–Crippen LogP) is 1.15. The van der Waals surface area contributed by atoms with Crippen LogP contribution in [-0.4, -0.2) is 67.8 Å². The van der Waals surface area contributed by atoms with E-state index in [2.05, 4.69) is 10.3 Å². The number of esters is 1. The largest absolute Gasteiger partial charge is 0.466 e. The summed E-state index contributed by atoms with van der Waals surface area (Å²) in [5, 5.41) is 12.1. The van der Waals surface area contributed by atoms with Crippen LogP contribution in [-0.2, 0) is 24.2 Å². The number of aliphatic hydroxyl groups is 1. The molecular formula is C18H21N3O6S2. The maximum Gasteiger partial charge on any atom is 0.337 e. The summed E-state index contributed by atoms with van der Waals surface area (Å²) in [6, 6.07) is 4.99. The van der Waals surface area contributed by atoms with Gasteiger partial charge in [-0.3, -0.25) is 4.79 Å². The van der Waals surface area contributed by atoms with Crippen molar-refractivity contribution in [2.45, 2.75) is 17.7 Å². The second kappa shape index (κ2) is 8.47. The monoisotopic (exact) mass is 439 g/mol. The van der Waals surface area contributed by atoms with Gasteiger partial charge in [0.15, 0.2) is 0 Å². The molecule has 9 nitrogen and oxygen atoms in total. The number of ether oxygens (including phenoxy) is 1. The van der Waals surface area contributed by atoms with Crippen LogP contribution in [0.15, 0.2) is 33.8 Å². The zero-order chi connectivity index (χ0) is 21.2. The topological polar surface area (TPSA) is 126 Å². The Morgan fingerprint density at radius 2 is 2.17 bits per heavy atom. The predicted molar refractivity (Wildman–Crippen MR) is 108 cm³/mol. The SMILES string of the molecule is CCCS(=O)(=O)c1nc2ccc(NC3=C(C(=O)OC)CN(CCO)C3=O)cc2s1. The zero-order valence-corrected chi connectivity index (χ0v) is 17.6. The number of benzene rings is 1. The average molecular weight is 440 g/mol. The number of sulfone groups is 1. The summed E-state index contributed by atoms with van der Waals surface area (Å²) in [5.41, 5.74) is 1.29. The number of hydrogen-bond acceptors (Lipinski definition) is 9. The molecule has 0 unspecified atom stereocenters. The van der Waals surface area contributed by atoms with E-state index in [1.54, 1.807) is 25.1 Å². The van der Waals surface area contributed by atoms with Gasteiger partial charge in [-0.1, -0.05) is 6.92 Å². The Labute approximate surface area is 171 Å². The van der Waals surface area contributed by atoms with Gasteiger partial charge in [0.1, 0.15) is 5.70 Å². The summed E-state index contributed by atoms with van der Waals surface area (Å²) in [4.78, 5) is 30.2. The first kappa shape index (κ1) is 21.2. The lowest BCUT2D eigenvalue weighted by atomic mass is 10.2. The Morgan fingerprint density at radius 3 is 2.83 bits per heavy atom. The maximum absolute atomic E-state index is 12.6. The fourth-order valence-corrected chi connectivity index (χ4v) is 5.68. The van der Waals surface area contributed by atoms with Crippen molar-refractivity contribution in [1.82, 2.24) is 9.88 Å². The summed E-state index contributed by atoms with van der Waals surface area (Å²) in [5.74, 6) is -1.02. The number of nitrogens with zero attached hydrogens (tertiary/aromatic N) is 2. The summed E-state index contributed by atoms with van der Waals surface area (Å²) in [6.07, 6.45) is 0.502. The third kappa shape index (κ3) is 4.26. The first-order valence-corrected chi connectivity index (χ1v) is 11.4. The van der Waals surface area contributed by atoms with Crippen LogP contribution in [0.4, 0.5) is 5.69 Å². The first-order chi connectivity index (χ1) is 13.8. The second-order valence-corrected chi connectivity index (χ2v) is 9.72. The van der Waals surface area contributed by atoms with Crippen molar-refractivity contribution < 1.29 is 27.9 Å². The van der Waals surface area contributed by atoms with Crippen LogP contribution >= 0.6 is 11.3 Å². The lowest BCUT2D eigenvalue weighted by Crippen LogP contribution is -2.31. The number of aromatic nitrogens is 1. The van der Waals surface area contributed by atoms with Crippen LogP contribution in [0.25, 0.3) is 10.2 Å². The molecule has 0 fully saturated rings. The number of carbonyl (C=O) groups excluding carboxylic acids is 2. The summed E-state index contributed by atoms with van der Waals surface area (Å²) < 4.78 is 30.0. The number of amides is 1. The lowest BCUT2D eigenvalue weighted by molar-refractivity contribution is -0.136. The number of nitrogens with one attached hydrogen (secondary N) is 1. The minimum atomic E-state index is -3.42. The highest BCUT2D eigenvalue weighted by atomic mass is 32.2. The van der Waals surface area contributed by atoms with E-state index in [4.69, 9.17) is 9.84 Å². The highest BCUT2D eigenvalue weighted by Crippen LogP contribution is 2.30. The fourth-order valence-electron chi connectivity index (χ4n) is 2.96. The normalized spacial score (nSPS) is 14.7. The molecule has 1 amide bonds. The van der Waals surface area contributed by atoms with Crippen molar-refractivity contribution in [2.24, 2.45) is 0 Å². The molecule has 0 aliphatic carbocycles. The molecule has 3 rings (SSSR count). The van der Waals surface area contributed by atoms with Gasteiger partial charge in [-0.2, -0.15) is 0 Å². The van der Waals surface area contributed by atoms with E-state index in [1.807, 2.05) is 0 Å². The minimum Gasteiger partial charge on any atom is -0.466 e. The molecule has 0 saturated carbocycles. The van der Waals surface area contributed by atoms with Crippen LogP contribution in [0.3, 0.4) is 0 Å². The molecule has 0 bridgehead atoms. The van der Waals surface area contributed by atoms with Gasteiger partial charge in [-0.05, 0) is 24.6 Å². The van der Waals surface area contributed by atoms with Crippen LogP contribution < -0.4 is 5.32 Å². The number of carbonyl (C=O) groups is 2. The van der Waals surface area contributed by atoms with Gasteiger partial charge in [0.2, 0.25) is 14.2 Å². The number of aliphatic hydroxyl groups excluding tert-OH is 1. The molecule has 156 valence electrons. The molecule has 0 atom stereocenters. The van der Waals surface area contributed by atoms with Crippen LogP contribution in [0.5, 0.6) is 0 Å². The summed E-state index contributed by atoms with van der Waals surface area (Å²) in [6.45, 7) is 1.70. The van der Waals surface area contributed by atoms with Gasteiger partial charge in [-0.15, -0.1) is 11.3 Å². The van der Waals surface area contributed by atoms with Crippen LogP contribution in [0, 0.1) is 0 Å². The van der Waals surface area contributed by atoms with E-state index in [-0.39, 0.29) is 41.1 Å². The molecule has 2 heterocycles. The van der Waals surface area contributed by atoms with E-state index in [1.165, 1.54) is 12.0 Å². The maximum atomic E-state index is 12.6. The van der Waals surface area contributed by atoms with Crippen LogP contribution in [0.2, 0.25) is 0 Å². The Morgan fingerprint density at radius 1 is 1.41 bits per heavy atom. The minimum absolute atomic E-state index is 0.0303. The second-order valence-electron chi connectivity index (χ2n) is 6.40. The van der Waals surface area contributed by atoms with Crippen molar-refractivity contribution in [3.63, 3.8) is 0 Å². The van der Waals surface area contributed by atoms with E-state index in [0.29, 0.717) is 22.3 Å². The number of methoxy groups -OCH3 is 1. The van der Waals surface area contributed by atoms with Gasteiger partial charge < -0.3 is 20.1 Å². The highest BCUT2D eigenvalue weighted by Gasteiger charge is 2.34. The molecule has 29 heavy (non-hydrogen) atoms. The molecule has 1 aromatic heterocycles. The van der Waals surface area contributed by atoms with Crippen LogP contribution in [0.1, 0.15) is 13.3 Å². The Bertz CT molecular complexity index is 1090. The Kier molecular flexibility index (Phi) is 6.20. The molecule has 0 radical (unpaired) electrons. The number of anilines is 1. The van der Waals surface area contributed by atoms with Gasteiger partial charge in [-0.25, -0.2) is 18.2 Å². The van der Waals surface area contributed by atoms with Crippen molar-refractivity contribution in [3.05, 3.63) is 29.5 Å². The van der Waals surface area contributed by atoms with Gasteiger partial charge >= 0.3 is 5.97 Å². The van der Waals surface area contributed by atoms with Crippen molar-refractivity contribution in [2.75, 3.05) is 37.9 Å². The van der Waals surface area contributed by atoms with Gasteiger partial charge in [0.05, 0.1) is 41.8 Å². The molecule has 11 heteroatoms. The highest BCUT2D eigenvalue weighted by molar-refractivity contribution is 7.93. The van der Waals surface area contributed by atoms with Crippen molar-refractivity contribution >= 4 is 49.0 Å². The lowest BCUT2D eigenvalue weighted by Gasteiger charge is -2.15. The molecule has 1 aliphatic heterocycles. The number of rotatable bonds is 8. The zero-order valence-electron chi connectivity index (χ0n) is 16.0. The number of hydrogen-bond donors (Lipinski definition) is 2. The third-order valence-electron chi connectivity index (χ3n) is 4.33. The van der Waals surface area contributed by atoms with Crippen molar-refractivity contribution in [1.29, 1.82) is 0 Å². The van der Waals surface area contributed by atoms with E-state index >= 15 is 0 Å². The van der Waals surface area contributed by atoms with E-state index in [0.717, 1.165) is 11.3 Å². The van der Waals surface area contributed by atoms with Gasteiger partial charge in [0, 0.05) is 12.2 Å². The smallest absolute Gasteiger partial charge is 0.337 e. The Hall–Kier alpha value is -2.50. The van der Waals surface area contributed by atoms with Crippen molar-refractivity contribution in [3.8, 4) is 0 Å². The number of β-amino-alcohol motifs (C(OH)–C–C–N with tert-alkyl or cyclic N) is 1. The standard InChI is InChI=1S/C18H21N3O6S2/c1-3-8-29(25,26)18-20-13-5-4-11(9-14(13)28-18)19-15-12(17(24)27-2)10-21(6-7-22)16(15)23/h4-5,9,19,22H,3,6-8,10H2,1-2H3. The van der Waals surface area contributed by atoms with Gasteiger partial charge in [0.25, 0.3) is 5.91 Å². The summed E-state index contributed by atoms with van der Waals surface area (Å²) in [7, 11) is -2.19. The quantitative estimate of drug-likeness (QED) is 0.587. The molecule has 1 aliphatic rings. The molecule has 2 N–H and O–H groups in total. The molecule has 0 spiro atoms. The molecule has 0 saturated heterocycles. The molecule has 1 aromatic carbocycles. The third-order valence-corrected chi connectivity index (χ3v) is 7.72. The van der Waals surface area contributed by atoms with E-state index in [9.17, 15) is 18.0 Å². The first-order valence-electron chi connectivity index (χ1n) is 8.92. The fraction of sp³-hybridized carbons (Fsp3) is 0.389. The average Bonchev–Trinajstić information content (AvgIpc) is 3.24. The number of thiazole rings is 1.